The van der Waals surface area contributed by atoms with Crippen LogP contribution in [0.1, 0.15) is 28.0 Å². The van der Waals surface area contributed by atoms with Crippen LogP contribution in [0.25, 0.3) is 0 Å². The number of amides is 1. The largest absolute Gasteiger partial charge is 0.366 e. The monoisotopic (exact) mass is 220 g/mol. The number of hydrogen-bond acceptors (Lipinski definition) is 2. The SMILES string of the molecule is Cc1cc(C(N)=O)c(Cl)nc1C(F)F. The Morgan fingerprint density at radius 1 is 1.64 bits per heavy atom. The highest BCUT2D eigenvalue weighted by Crippen LogP contribution is 2.24. The number of aromatic nitrogens is 1. The molecule has 0 spiro atoms. The maximum atomic E-state index is 12.3. The van der Waals surface area contributed by atoms with Gasteiger partial charge in [0.25, 0.3) is 12.3 Å². The van der Waals surface area contributed by atoms with Crippen molar-refractivity contribution in [3.8, 4) is 0 Å². The lowest BCUT2D eigenvalue weighted by atomic mass is 10.1. The molecule has 1 amide bonds. The Morgan fingerprint density at radius 2 is 2.21 bits per heavy atom. The second kappa shape index (κ2) is 3.88. The van der Waals surface area contributed by atoms with Crippen molar-refractivity contribution in [1.82, 2.24) is 4.98 Å². The number of carbonyl (C=O) groups excluding carboxylic acids is 1. The summed E-state index contributed by atoms with van der Waals surface area (Å²) >= 11 is 5.50. The van der Waals surface area contributed by atoms with Crippen molar-refractivity contribution in [2.75, 3.05) is 0 Å². The fourth-order valence-electron chi connectivity index (χ4n) is 0.998. The van der Waals surface area contributed by atoms with E-state index in [0.717, 1.165) is 0 Å². The number of nitrogens with zero attached hydrogens (tertiary/aromatic N) is 1. The standard InChI is InChI=1S/C8H7ClF2N2O/c1-3-2-4(8(12)14)6(9)13-5(3)7(10)11/h2,7H,1H3,(H2,12,14). The minimum absolute atomic E-state index is 0.0476. The highest BCUT2D eigenvalue weighted by atomic mass is 35.5. The number of rotatable bonds is 2. The summed E-state index contributed by atoms with van der Waals surface area (Å²) in [6.45, 7) is 1.41. The molecule has 0 atom stereocenters. The molecular weight excluding hydrogens is 214 g/mol. The van der Waals surface area contributed by atoms with E-state index in [-0.39, 0.29) is 16.3 Å². The third kappa shape index (κ3) is 1.98. The Bertz CT molecular complexity index is 382. The number of alkyl halides is 2. The van der Waals surface area contributed by atoms with Crippen LogP contribution in [0.15, 0.2) is 6.07 Å². The van der Waals surface area contributed by atoms with E-state index in [9.17, 15) is 13.6 Å². The van der Waals surface area contributed by atoms with E-state index in [1.165, 1.54) is 13.0 Å². The van der Waals surface area contributed by atoms with Crippen LogP contribution in [0.4, 0.5) is 8.78 Å². The zero-order chi connectivity index (χ0) is 10.9. The molecule has 0 aliphatic heterocycles. The van der Waals surface area contributed by atoms with Crippen LogP contribution in [-0.2, 0) is 0 Å². The summed E-state index contributed by atoms with van der Waals surface area (Å²) in [6, 6.07) is 1.21. The number of nitrogens with two attached hydrogens (primary N) is 1. The molecule has 0 aliphatic rings. The van der Waals surface area contributed by atoms with E-state index in [0.29, 0.717) is 0 Å². The lowest BCUT2D eigenvalue weighted by Gasteiger charge is -2.06. The van der Waals surface area contributed by atoms with Gasteiger partial charge in [0, 0.05) is 0 Å². The maximum Gasteiger partial charge on any atom is 0.280 e. The second-order valence-corrected chi connectivity index (χ2v) is 3.05. The fourth-order valence-corrected chi connectivity index (χ4v) is 1.24. The molecule has 3 nitrogen and oxygen atoms in total. The number of carbonyl (C=O) groups is 1. The molecule has 0 bridgehead atoms. The van der Waals surface area contributed by atoms with Crippen LogP contribution < -0.4 is 5.73 Å². The molecular formula is C8H7ClF2N2O. The van der Waals surface area contributed by atoms with Gasteiger partial charge < -0.3 is 5.73 Å². The van der Waals surface area contributed by atoms with E-state index in [1.807, 2.05) is 0 Å². The van der Waals surface area contributed by atoms with Crippen LogP contribution in [0.3, 0.4) is 0 Å². The minimum Gasteiger partial charge on any atom is -0.366 e. The third-order valence-electron chi connectivity index (χ3n) is 1.68. The molecule has 0 saturated heterocycles. The van der Waals surface area contributed by atoms with Crippen LogP contribution >= 0.6 is 11.6 Å². The molecule has 14 heavy (non-hydrogen) atoms. The lowest BCUT2D eigenvalue weighted by molar-refractivity contribution is 0.0999. The minimum atomic E-state index is -2.71. The number of hydrogen-bond donors (Lipinski definition) is 1. The topological polar surface area (TPSA) is 56.0 Å². The van der Waals surface area contributed by atoms with Gasteiger partial charge in [-0.15, -0.1) is 0 Å². The predicted molar refractivity (Wildman–Crippen MR) is 47.5 cm³/mol. The molecule has 2 N–H and O–H groups in total. The number of primary amides is 1. The summed E-state index contributed by atoms with van der Waals surface area (Å²) in [4.78, 5) is 14.2. The Balaban J connectivity index is 3.31. The fraction of sp³-hybridized carbons (Fsp3) is 0.250. The van der Waals surface area contributed by atoms with Crippen LogP contribution in [0.2, 0.25) is 5.15 Å². The van der Waals surface area contributed by atoms with Crippen molar-refractivity contribution in [1.29, 1.82) is 0 Å². The van der Waals surface area contributed by atoms with Crippen LogP contribution in [-0.4, -0.2) is 10.9 Å². The summed E-state index contributed by atoms with van der Waals surface area (Å²) in [5.41, 5.74) is 4.67. The van der Waals surface area contributed by atoms with Crippen molar-refractivity contribution < 1.29 is 13.6 Å². The molecule has 0 radical (unpaired) electrons. The molecule has 6 heteroatoms. The second-order valence-electron chi connectivity index (χ2n) is 2.69. The third-order valence-corrected chi connectivity index (χ3v) is 1.97. The van der Waals surface area contributed by atoms with Gasteiger partial charge in [-0.1, -0.05) is 11.6 Å². The molecule has 1 rings (SSSR count). The van der Waals surface area contributed by atoms with Gasteiger partial charge in [-0.05, 0) is 18.6 Å². The summed E-state index contributed by atoms with van der Waals surface area (Å²) in [7, 11) is 0. The van der Waals surface area contributed by atoms with Crippen molar-refractivity contribution in [3.05, 3.63) is 28.0 Å². The van der Waals surface area contributed by atoms with Gasteiger partial charge in [-0.3, -0.25) is 4.79 Å². The molecule has 1 aromatic heterocycles. The first kappa shape index (κ1) is 10.8. The Hall–Kier alpha value is -1.23. The molecule has 0 aliphatic carbocycles. The van der Waals surface area contributed by atoms with Gasteiger partial charge in [-0.25, -0.2) is 13.8 Å². The van der Waals surface area contributed by atoms with E-state index in [2.05, 4.69) is 4.98 Å². The van der Waals surface area contributed by atoms with Crippen molar-refractivity contribution in [3.63, 3.8) is 0 Å². The van der Waals surface area contributed by atoms with Crippen molar-refractivity contribution in [2.45, 2.75) is 13.3 Å². The maximum absolute atomic E-state index is 12.3. The Labute approximate surface area is 83.9 Å². The predicted octanol–water partition coefficient (Wildman–Crippen LogP) is 2.08. The van der Waals surface area contributed by atoms with Gasteiger partial charge in [0.2, 0.25) is 0 Å². The quantitative estimate of drug-likeness (QED) is 0.776. The van der Waals surface area contributed by atoms with Gasteiger partial charge in [0.05, 0.1) is 5.56 Å². The van der Waals surface area contributed by atoms with Gasteiger partial charge in [0.1, 0.15) is 10.8 Å². The molecule has 0 aromatic carbocycles. The average molecular weight is 221 g/mol. The van der Waals surface area contributed by atoms with E-state index < -0.39 is 18.0 Å². The average Bonchev–Trinajstić information content (AvgIpc) is 2.07. The number of halogens is 3. The van der Waals surface area contributed by atoms with Crippen molar-refractivity contribution >= 4 is 17.5 Å². The summed E-state index contributed by atoms with van der Waals surface area (Å²) in [5.74, 6) is -0.786. The normalized spacial score (nSPS) is 10.6. The van der Waals surface area contributed by atoms with Crippen LogP contribution in [0, 0.1) is 6.92 Å². The van der Waals surface area contributed by atoms with E-state index in [4.69, 9.17) is 17.3 Å². The number of aryl methyl sites for hydroxylation is 1. The zero-order valence-corrected chi connectivity index (χ0v) is 7.98. The smallest absolute Gasteiger partial charge is 0.280 e. The van der Waals surface area contributed by atoms with Gasteiger partial charge in [0.15, 0.2) is 0 Å². The molecule has 0 unspecified atom stereocenters. The van der Waals surface area contributed by atoms with E-state index >= 15 is 0 Å². The van der Waals surface area contributed by atoms with Crippen LogP contribution in [0.5, 0.6) is 0 Å². The zero-order valence-electron chi connectivity index (χ0n) is 7.22. The Morgan fingerprint density at radius 3 is 2.64 bits per heavy atom. The van der Waals surface area contributed by atoms with Crippen molar-refractivity contribution in [2.24, 2.45) is 5.73 Å². The number of pyridine rings is 1. The molecule has 1 aromatic rings. The Kier molecular flexibility index (Phi) is 3.00. The lowest BCUT2D eigenvalue weighted by Crippen LogP contribution is -2.13. The summed E-state index contributed by atoms with van der Waals surface area (Å²) in [6.07, 6.45) is -2.71. The molecule has 0 saturated carbocycles. The first-order valence-corrected chi connectivity index (χ1v) is 4.06. The molecule has 76 valence electrons. The highest BCUT2D eigenvalue weighted by Gasteiger charge is 2.17. The van der Waals surface area contributed by atoms with Gasteiger partial charge >= 0.3 is 0 Å². The summed E-state index contributed by atoms with van der Waals surface area (Å²) in [5, 5.41) is -0.293. The first-order valence-electron chi connectivity index (χ1n) is 3.68. The molecule has 1 heterocycles. The van der Waals surface area contributed by atoms with Gasteiger partial charge in [-0.2, -0.15) is 0 Å². The molecule has 0 fully saturated rings. The van der Waals surface area contributed by atoms with E-state index in [1.54, 1.807) is 0 Å². The first-order chi connectivity index (χ1) is 6.43. The summed E-state index contributed by atoms with van der Waals surface area (Å²) < 4.78 is 24.6. The highest BCUT2D eigenvalue weighted by molar-refractivity contribution is 6.32.